The summed E-state index contributed by atoms with van der Waals surface area (Å²) < 4.78 is 0. The van der Waals surface area contributed by atoms with Crippen LogP contribution < -0.4 is 64.2 Å². The molecule has 15 N–H and O–H groups in total. The van der Waals surface area contributed by atoms with Crippen LogP contribution in [0, 0.1) is 17.8 Å². The van der Waals surface area contributed by atoms with Crippen LogP contribution in [0.2, 0.25) is 0 Å². The number of amides is 12. The Balaban J connectivity index is 3.69. The number of primary amides is 1. The molecule has 76 heavy (non-hydrogen) atoms. The summed E-state index contributed by atoms with van der Waals surface area (Å²) in [5, 5.41) is 46.7. The third-order valence-electron chi connectivity index (χ3n) is 10.8. The first-order chi connectivity index (χ1) is 35.6. The van der Waals surface area contributed by atoms with E-state index in [4.69, 9.17) is 5.73 Å². The van der Waals surface area contributed by atoms with Crippen LogP contribution in [0.1, 0.15) is 87.5 Å². The van der Waals surface area contributed by atoms with Crippen molar-refractivity contribution < 1.29 is 72.5 Å². The van der Waals surface area contributed by atoms with E-state index >= 15 is 0 Å². The van der Waals surface area contributed by atoms with Gasteiger partial charge in [-0.25, -0.2) is 0 Å². The molecule has 0 aromatic rings. The third kappa shape index (κ3) is 27.0. The van der Waals surface area contributed by atoms with E-state index < -0.39 is 169 Å². The number of rotatable bonds is 19. The molecular weight excluding hydrogens is 1080 g/mol. The van der Waals surface area contributed by atoms with E-state index in [1.807, 2.05) is 6.26 Å². The lowest BCUT2D eigenvalue weighted by molar-refractivity contribution is -0.138. The second-order valence-corrected chi connectivity index (χ2v) is 24.0. The molecule has 430 valence electrons. The van der Waals surface area contributed by atoms with Crippen LogP contribution in [-0.2, 0) is 62.3 Å². The summed E-state index contributed by atoms with van der Waals surface area (Å²) in [6.07, 6.45) is -1.15. The van der Waals surface area contributed by atoms with Crippen molar-refractivity contribution in [3.8, 4) is 0 Å². The van der Waals surface area contributed by atoms with E-state index in [9.17, 15) is 72.5 Å². The van der Waals surface area contributed by atoms with Gasteiger partial charge in [0.05, 0.1) is 25.6 Å². The summed E-state index contributed by atoms with van der Waals surface area (Å²) in [6.45, 7) is 11.0. The molecule has 1 fully saturated rings. The molecule has 0 saturated carbocycles. The maximum Gasteiger partial charge on any atom is 0.303 e. The minimum atomic E-state index is -1.71. The Morgan fingerprint density at radius 1 is 0.684 bits per heavy atom. The lowest BCUT2D eigenvalue weighted by Gasteiger charge is -2.29. The molecular formula is C45H76N12O15S4. The molecule has 0 aromatic heterocycles. The van der Waals surface area contributed by atoms with Crippen molar-refractivity contribution in [3.63, 3.8) is 0 Å². The number of hydrogen-bond donors (Lipinski definition) is 14. The Morgan fingerprint density at radius 3 is 1.84 bits per heavy atom. The Bertz CT molecular complexity index is 2050. The van der Waals surface area contributed by atoms with E-state index in [1.165, 1.54) is 35.4 Å². The molecule has 0 spiro atoms. The van der Waals surface area contributed by atoms with Gasteiger partial charge in [-0.05, 0) is 50.7 Å². The van der Waals surface area contributed by atoms with Gasteiger partial charge in [-0.3, -0.25) is 62.3 Å². The normalized spacial score (nSPS) is 23.0. The van der Waals surface area contributed by atoms with Gasteiger partial charge in [-0.15, -0.1) is 0 Å². The number of carbonyl (C=O) groups is 13. The van der Waals surface area contributed by atoms with Gasteiger partial charge in [0.15, 0.2) is 0 Å². The molecule has 0 bridgehead atoms. The number of nitrogens with two attached hydrogens (primary N) is 1. The highest BCUT2D eigenvalue weighted by atomic mass is 33.1. The van der Waals surface area contributed by atoms with E-state index in [1.54, 1.807) is 41.5 Å². The maximum absolute atomic E-state index is 14.3. The fourth-order valence-electron chi connectivity index (χ4n) is 6.77. The van der Waals surface area contributed by atoms with Crippen molar-refractivity contribution in [2.24, 2.45) is 23.5 Å². The first kappa shape index (κ1) is 68.5. The number of aliphatic hydroxyl groups is 1. The fourth-order valence-corrected chi connectivity index (χ4v) is 10.0. The molecule has 27 nitrogen and oxygen atoms in total. The maximum atomic E-state index is 14.3. The zero-order valence-corrected chi connectivity index (χ0v) is 47.4. The number of carboxylic acid groups (broad SMARTS) is 1. The number of nitrogens with one attached hydrogen (secondary N) is 11. The van der Waals surface area contributed by atoms with Gasteiger partial charge >= 0.3 is 5.97 Å². The number of aliphatic hydroxyl groups excluding tert-OH is 1. The van der Waals surface area contributed by atoms with Crippen molar-refractivity contribution in [1.82, 2.24) is 58.5 Å². The molecule has 0 aromatic carbocycles. The van der Waals surface area contributed by atoms with Crippen molar-refractivity contribution in [3.05, 3.63) is 0 Å². The number of aliphatic carboxylic acids is 1. The highest BCUT2D eigenvalue weighted by Crippen LogP contribution is 2.22. The molecule has 0 aliphatic carbocycles. The van der Waals surface area contributed by atoms with Crippen LogP contribution in [0.4, 0.5) is 0 Å². The minimum Gasteiger partial charge on any atom is -0.481 e. The average Bonchev–Trinajstić information content (AvgIpc) is 3.32. The van der Waals surface area contributed by atoms with Gasteiger partial charge in [0.25, 0.3) is 0 Å². The Morgan fingerprint density at radius 2 is 1.28 bits per heavy atom. The van der Waals surface area contributed by atoms with Crippen LogP contribution in [0.5, 0.6) is 0 Å². The minimum absolute atomic E-state index is 0.0141. The first-order valence-corrected chi connectivity index (χ1v) is 29.6. The number of carbonyl (C=O) groups excluding carboxylic acids is 12. The molecule has 0 radical (unpaired) electrons. The second-order valence-electron chi connectivity index (χ2n) is 18.6. The molecule has 8 unspecified atom stereocenters. The van der Waals surface area contributed by atoms with Gasteiger partial charge in [-0.2, -0.15) is 0 Å². The van der Waals surface area contributed by atoms with Gasteiger partial charge in [0.1, 0.15) is 48.3 Å². The van der Waals surface area contributed by atoms with Gasteiger partial charge < -0.3 is 74.4 Å². The predicted molar refractivity (Wildman–Crippen MR) is 287 cm³/mol. The van der Waals surface area contributed by atoms with Crippen LogP contribution in [0.3, 0.4) is 0 Å². The van der Waals surface area contributed by atoms with E-state index in [0.717, 1.165) is 21.6 Å². The van der Waals surface area contributed by atoms with Gasteiger partial charge in [0, 0.05) is 36.6 Å². The van der Waals surface area contributed by atoms with Crippen molar-refractivity contribution in [2.75, 3.05) is 43.1 Å². The molecule has 1 saturated heterocycles. The van der Waals surface area contributed by atoms with Crippen LogP contribution >= 0.6 is 43.2 Å². The molecule has 1 aliphatic rings. The van der Waals surface area contributed by atoms with Crippen molar-refractivity contribution in [2.45, 2.75) is 142 Å². The summed E-state index contributed by atoms with van der Waals surface area (Å²) in [4.78, 5) is 171. The highest BCUT2D eigenvalue weighted by molar-refractivity contribution is 8.76. The zero-order valence-electron chi connectivity index (χ0n) is 44.1. The summed E-state index contributed by atoms with van der Waals surface area (Å²) in [7, 11) is 5.04. The van der Waals surface area contributed by atoms with E-state index in [2.05, 4.69) is 58.5 Å². The molecule has 9 atom stereocenters. The third-order valence-corrected chi connectivity index (χ3v) is 15.1. The molecule has 1 heterocycles. The molecule has 1 rings (SSSR count). The zero-order chi connectivity index (χ0) is 57.8. The number of hydrogen-bond acceptors (Lipinski definition) is 18. The standard InChI is InChI=1S/C45H76N12O15S4/c1-21(2)16-27(52-39(66)26(10-11-34(63)64)51-31(60)12-14-74-73-9)40(67)54-29-20-76-75-15-13-47-32(61)18-49-43(70)37(25(8)58)55-33(62)19-48-38(65)24(7)50-44(71)35(22(3)4)56-41(68)28(17-30(46)59)53-45(72)36(23(5)6)57-42(29)69/h21-29,35-37,58H,10-20H2,1-9H3,(H2,46,59)(H,47,61)(H,48,65)(H,49,70)(H,50,71)(H,51,60)(H,52,66)(H,53,72)(H,54,67)(H,55,62)(H,56,68)(H,57,69)(H,63,64)/t24?,25?,26?,27?,28?,29-,35?,36?,37?/m0/s1. The predicted octanol–water partition coefficient (Wildman–Crippen LogP) is -3.49. The smallest absolute Gasteiger partial charge is 0.303 e. The van der Waals surface area contributed by atoms with E-state index in [-0.39, 0.29) is 43.2 Å². The topological polar surface area (TPSA) is 421 Å². The van der Waals surface area contributed by atoms with Gasteiger partial charge in [0.2, 0.25) is 70.9 Å². The Kier molecular flexibility index (Phi) is 32.2. The quantitative estimate of drug-likeness (QED) is 0.0441. The number of carboxylic acids is 1. The fraction of sp³-hybridized carbons (Fsp3) is 0.711. The summed E-state index contributed by atoms with van der Waals surface area (Å²) in [6, 6.07) is -11.5. The first-order valence-electron chi connectivity index (χ1n) is 24.4. The monoisotopic (exact) mass is 1150 g/mol. The Labute approximate surface area is 457 Å². The summed E-state index contributed by atoms with van der Waals surface area (Å²) >= 11 is 0. The SMILES string of the molecule is CSSCCC(=O)NC(CCC(=O)O)C(=O)NC(CC(C)C)C(=O)N[C@H]1CSSCCNC(=O)CNC(=O)C(C(C)O)NC(=O)CNC(=O)C(C)NC(=O)C(C(C)C)NC(=O)C(CC(N)=O)NC(=O)C(C(C)C)NC1=O. The summed E-state index contributed by atoms with van der Waals surface area (Å²) in [5.74, 6) is -12.9. The lowest BCUT2D eigenvalue weighted by atomic mass is 10.00. The lowest BCUT2D eigenvalue weighted by Crippen LogP contribution is -2.62. The van der Waals surface area contributed by atoms with E-state index in [0.29, 0.717) is 5.75 Å². The van der Waals surface area contributed by atoms with Crippen molar-refractivity contribution in [1.29, 1.82) is 0 Å². The van der Waals surface area contributed by atoms with Crippen LogP contribution in [0.15, 0.2) is 0 Å². The van der Waals surface area contributed by atoms with Crippen LogP contribution in [0.25, 0.3) is 0 Å². The van der Waals surface area contributed by atoms with Crippen LogP contribution in [-0.4, -0.2) is 185 Å². The largest absolute Gasteiger partial charge is 0.481 e. The molecule has 31 heteroatoms. The average molecular weight is 1150 g/mol. The highest BCUT2D eigenvalue weighted by Gasteiger charge is 2.36. The van der Waals surface area contributed by atoms with Crippen molar-refractivity contribution >= 4 is 120 Å². The molecule has 12 amide bonds. The Hall–Kier alpha value is -5.53. The summed E-state index contributed by atoms with van der Waals surface area (Å²) in [5.41, 5.74) is 5.47. The second kappa shape index (κ2) is 35.7. The van der Waals surface area contributed by atoms with Gasteiger partial charge in [-0.1, -0.05) is 84.7 Å². The molecule has 1 aliphatic heterocycles.